The summed E-state index contributed by atoms with van der Waals surface area (Å²) >= 11 is 8.26. The molecule has 0 aliphatic carbocycles. The molecular weight excluding hydrogens is 342 g/mol. The van der Waals surface area contributed by atoms with Crippen molar-refractivity contribution in [1.82, 2.24) is 5.32 Å². The Kier molecular flexibility index (Phi) is 5.29. The highest BCUT2D eigenvalue weighted by Gasteiger charge is 2.14. The summed E-state index contributed by atoms with van der Waals surface area (Å²) in [6.45, 7) is 4.04. The first-order chi connectivity index (χ1) is 7.08. The van der Waals surface area contributed by atoms with E-state index in [0.717, 1.165) is 26.0 Å². The Morgan fingerprint density at radius 3 is 2.73 bits per heavy atom. The molecule has 0 spiro atoms. The number of halogens is 2. The maximum atomic E-state index is 11.8. The quantitative estimate of drug-likeness (QED) is 0.820. The van der Waals surface area contributed by atoms with Crippen molar-refractivity contribution < 1.29 is 4.79 Å². The standard InChI is InChI=1S/C10H13Br2NOS/c1-3-7(5-11)13-10(14)8-4-6(2)9(12)15-8/h4,7H,3,5H2,1-2H3,(H,13,14). The molecule has 1 heterocycles. The minimum absolute atomic E-state index is 0.0140. The van der Waals surface area contributed by atoms with E-state index in [2.05, 4.69) is 44.1 Å². The Bertz CT molecular complexity index is 328. The molecule has 1 rings (SSSR count). The average molecular weight is 355 g/mol. The fourth-order valence-electron chi connectivity index (χ4n) is 1.08. The maximum absolute atomic E-state index is 11.8. The molecule has 0 saturated heterocycles. The molecule has 0 aliphatic rings. The molecule has 2 nitrogen and oxygen atoms in total. The SMILES string of the molecule is CCC(CBr)NC(=O)c1cc(C)c(Br)s1. The number of aryl methyl sites for hydroxylation is 1. The van der Waals surface area contributed by atoms with Gasteiger partial charge in [-0.25, -0.2) is 0 Å². The van der Waals surface area contributed by atoms with Crippen LogP contribution in [0.5, 0.6) is 0 Å². The molecule has 84 valence electrons. The van der Waals surface area contributed by atoms with E-state index in [4.69, 9.17) is 0 Å². The predicted octanol–water partition coefficient (Wildman–Crippen LogP) is 3.72. The van der Waals surface area contributed by atoms with Crippen molar-refractivity contribution in [2.75, 3.05) is 5.33 Å². The van der Waals surface area contributed by atoms with Crippen LogP contribution in [0.15, 0.2) is 9.85 Å². The van der Waals surface area contributed by atoms with Gasteiger partial charge in [0.15, 0.2) is 0 Å². The molecule has 1 aromatic heterocycles. The molecule has 0 radical (unpaired) electrons. The minimum Gasteiger partial charge on any atom is -0.348 e. The van der Waals surface area contributed by atoms with Crippen molar-refractivity contribution in [2.45, 2.75) is 26.3 Å². The highest BCUT2D eigenvalue weighted by molar-refractivity contribution is 9.11. The van der Waals surface area contributed by atoms with E-state index < -0.39 is 0 Å². The zero-order valence-electron chi connectivity index (χ0n) is 8.64. The molecule has 15 heavy (non-hydrogen) atoms. The third kappa shape index (κ3) is 3.57. The summed E-state index contributed by atoms with van der Waals surface area (Å²) in [5, 5.41) is 3.77. The van der Waals surface area contributed by atoms with E-state index in [1.807, 2.05) is 13.0 Å². The molecular formula is C10H13Br2NOS. The molecule has 0 fully saturated rings. The van der Waals surface area contributed by atoms with Gasteiger partial charge in [-0.3, -0.25) is 4.79 Å². The van der Waals surface area contributed by atoms with Gasteiger partial charge in [0.1, 0.15) is 0 Å². The second kappa shape index (κ2) is 6.01. The molecule has 0 saturated carbocycles. The summed E-state index contributed by atoms with van der Waals surface area (Å²) in [5.41, 5.74) is 1.11. The van der Waals surface area contributed by atoms with E-state index in [-0.39, 0.29) is 11.9 Å². The van der Waals surface area contributed by atoms with Gasteiger partial charge < -0.3 is 5.32 Å². The molecule has 1 aromatic rings. The number of alkyl halides is 1. The summed E-state index contributed by atoms with van der Waals surface area (Å²) in [5.74, 6) is 0.0140. The van der Waals surface area contributed by atoms with Crippen LogP contribution < -0.4 is 5.32 Å². The zero-order valence-corrected chi connectivity index (χ0v) is 12.6. The van der Waals surface area contributed by atoms with Crippen LogP contribution in [0.1, 0.15) is 28.6 Å². The van der Waals surface area contributed by atoms with E-state index >= 15 is 0 Å². The van der Waals surface area contributed by atoms with Crippen molar-refractivity contribution >= 4 is 49.1 Å². The summed E-state index contributed by atoms with van der Waals surface area (Å²) in [6, 6.07) is 2.11. The molecule has 0 aliphatic heterocycles. The third-order valence-electron chi connectivity index (χ3n) is 2.10. The first-order valence-corrected chi connectivity index (χ1v) is 7.44. The van der Waals surface area contributed by atoms with Crippen LogP contribution in [0.4, 0.5) is 0 Å². The summed E-state index contributed by atoms with van der Waals surface area (Å²) in [6.07, 6.45) is 0.933. The number of nitrogens with one attached hydrogen (secondary N) is 1. The number of thiophene rings is 1. The molecule has 1 atom stereocenters. The molecule has 1 unspecified atom stereocenters. The number of rotatable bonds is 4. The van der Waals surface area contributed by atoms with E-state index in [1.54, 1.807) is 0 Å². The second-order valence-electron chi connectivity index (χ2n) is 3.30. The van der Waals surface area contributed by atoms with Crippen LogP contribution in [0.2, 0.25) is 0 Å². The summed E-state index contributed by atoms with van der Waals surface area (Å²) < 4.78 is 1.03. The number of carbonyl (C=O) groups is 1. The monoisotopic (exact) mass is 353 g/mol. The van der Waals surface area contributed by atoms with Crippen LogP contribution in [0, 0.1) is 6.92 Å². The number of amides is 1. The second-order valence-corrected chi connectivity index (χ2v) is 6.32. The number of carbonyl (C=O) groups excluding carboxylic acids is 1. The molecule has 1 amide bonds. The van der Waals surface area contributed by atoms with Crippen LogP contribution in [0.25, 0.3) is 0 Å². The van der Waals surface area contributed by atoms with Crippen molar-refractivity contribution in [3.63, 3.8) is 0 Å². The smallest absolute Gasteiger partial charge is 0.261 e. The maximum Gasteiger partial charge on any atom is 0.261 e. The zero-order chi connectivity index (χ0) is 11.4. The van der Waals surface area contributed by atoms with Gasteiger partial charge in [0.25, 0.3) is 5.91 Å². The van der Waals surface area contributed by atoms with Gasteiger partial charge in [0, 0.05) is 11.4 Å². The lowest BCUT2D eigenvalue weighted by atomic mass is 10.2. The minimum atomic E-state index is 0.0140. The van der Waals surface area contributed by atoms with Crippen LogP contribution in [-0.2, 0) is 0 Å². The summed E-state index contributed by atoms with van der Waals surface area (Å²) in [7, 11) is 0. The number of hydrogen-bond acceptors (Lipinski definition) is 2. The predicted molar refractivity (Wildman–Crippen MR) is 72.1 cm³/mol. The fourth-order valence-corrected chi connectivity index (χ4v) is 3.14. The Balaban J connectivity index is 2.68. The topological polar surface area (TPSA) is 29.1 Å². The Hall–Kier alpha value is 0.130. The Labute approximate surface area is 111 Å². The molecule has 1 N–H and O–H groups in total. The van der Waals surface area contributed by atoms with E-state index in [0.29, 0.717) is 0 Å². The van der Waals surface area contributed by atoms with Gasteiger partial charge in [0.2, 0.25) is 0 Å². The molecule has 0 aromatic carbocycles. The van der Waals surface area contributed by atoms with Gasteiger partial charge in [-0.05, 0) is 40.9 Å². The van der Waals surface area contributed by atoms with E-state index in [1.165, 1.54) is 11.3 Å². The van der Waals surface area contributed by atoms with Crippen molar-refractivity contribution in [1.29, 1.82) is 0 Å². The third-order valence-corrected chi connectivity index (χ3v) is 5.01. The van der Waals surface area contributed by atoms with Gasteiger partial charge >= 0.3 is 0 Å². The van der Waals surface area contributed by atoms with Gasteiger partial charge in [-0.15, -0.1) is 11.3 Å². The van der Waals surface area contributed by atoms with Gasteiger partial charge in [0.05, 0.1) is 8.66 Å². The first kappa shape index (κ1) is 13.2. The van der Waals surface area contributed by atoms with Crippen LogP contribution >= 0.6 is 43.2 Å². The highest BCUT2D eigenvalue weighted by Crippen LogP contribution is 2.27. The van der Waals surface area contributed by atoms with Crippen LogP contribution in [0.3, 0.4) is 0 Å². The Morgan fingerprint density at radius 1 is 1.67 bits per heavy atom. The van der Waals surface area contributed by atoms with E-state index in [9.17, 15) is 4.79 Å². The van der Waals surface area contributed by atoms with Crippen molar-refractivity contribution in [2.24, 2.45) is 0 Å². The lowest BCUT2D eigenvalue weighted by Crippen LogP contribution is -2.35. The average Bonchev–Trinajstić information content (AvgIpc) is 2.55. The van der Waals surface area contributed by atoms with Crippen molar-refractivity contribution in [3.05, 3.63) is 20.3 Å². The lowest BCUT2D eigenvalue weighted by Gasteiger charge is -2.12. The van der Waals surface area contributed by atoms with Gasteiger partial charge in [-0.2, -0.15) is 0 Å². The largest absolute Gasteiger partial charge is 0.348 e. The highest BCUT2D eigenvalue weighted by atomic mass is 79.9. The molecule has 0 bridgehead atoms. The first-order valence-electron chi connectivity index (χ1n) is 4.71. The normalized spacial score (nSPS) is 12.5. The van der Waals surface area contributed by atoms with Gasteiger partial charge in [-0.1, -0.05) is 22.9 Å². The molecule has 5 heteroatoms. The summed E-state index contributed by atoms with van der Waals surface area (Å²) in [4.78, 5) is 12.6. The van der Waals surface area contributed by atoms with Crippen LogP contribution in [-0.4, -0.2) is 17.3 Å². The van der Waals surface area contributed by atoms with Crippen molar-refractivity contribution in [3.8, 4) is 0 Å². The Morgan fingerprint density at radius 2 is 2.33 bits per heavy atom. The fraction of sp³-hybridized carbons (Fsp3) is 0.500. The lowest BCUT2D eigenvalue weighted by molar-refractivity contribution is 0.0944. The number of hydrogen-bond donors (Lipinski definition) is 1.